The molecule has 142 valence electrons. The van der Waals surface area contributed by atoms with Crippen molar-refractivity contribution in [2.45, 2.75) is 0 Å². The van der Waals surface area contributed by atoms with Crippen molar-refractivity contribution in [2.24, 2.45) is 0 Å². The summed E-state index contributed by atoms with van der Waals surface area (Å²) in [7, 11) is 0. The minimum absolute atomic E-state index is 1.23. The van der Waals surface area contributed by atoms with Crippen molar-refractivity contribution in [3.63, 3.8) is 0 Å². The van der Waals surface area contributed by atoms with E-state index in [1.54, 1.807) is 0 Å². The van der Waals surface area contributed by atoms with E-state index in [0.717, 1.165) is 0 Å². The van der Waals surface area contributed by atoms with Gasteiger partial charge in [-0.2, -0.15) is 0 Å². The normalized spacial score (nSPS) is 10.7. The molecule has 0 unspecified atom stereocenters. The topological polar surface area (TPSA) is 0 Å². The molecule has 0 aliphatic rings. The van der Waals surface area contributed by atoms with Crippen LogP contribution in [0, 0.1) is 0 Å². The molecule has 0 atom stereocenters. The van der Waals surface area contributed by atoms with Crippen LogP contribution in [-0.4, -0.2) is 0 Å². The third-order valence-corrected chi connectivity index (χ3v) is 5.51. The van der Waals surface area contributed by atoms with Crippen LogP contribution in [-0.2, 0) is 0 Å². The van der Waals surface area contributed by atoms with Crippen LogP contribution in [0.25, 0.3) is 44.5 Å². The molecule has 5 aromatic rings. The highest BCUT2D eigenvalue weighted by atomic mass is 14.1. The highest BCUT2D eigenvalue weighted by molar-refractivity contribution is 5.87. The lowest BCUT2D eigenvalue weighted by Crippen LogP contribution is -1.88. The van der Waals surface area contributed by atoms with E-state index >= 15 is 0 Å². The van der Waals surface area contributed by atoms with Gasteiger partial charge in [0, 0.05) is 0 Å². The molecule has 0 fully saturated rings. The summed E-state index contributed by atoms with van der Waals surface area (Å²) in [4.78, 5) is 0. The number of hydrogen-bond donors (Lipinski definition) is 0. The van der Waals surface area contributed by atoms with E-state index in [1.807, 2.05) is 0 Å². The fourth-order valence-electron chi connectivity index (χ4n) is 3.94. The second-order valence-corrected chi connectivity index (χ2v) is 7.44. The standard InChI is InChI=1S/C30H22/c1-4-10-23(11-5-1)25-16-18-27(19-17-25)30-22-28(24-12-6-2-7-13-24)20-21-29(30)26-14-8-3-9-15-26/h1-22H. The van der Waals surface area contributed by atoms with Crippen LogP contribution in [0.15, 0.2) is 133 Å². The maximum absolute atomic E-state index is 2.31. The second-order valence-electron chi connectivity index (χ2n) is 7.44. The summed E-state index contributed by atoms with van der Waals surface area (Å²) in [5.74, 6) is 0. The summed E-state index contributed by atoms with van der Waals surface area (Å²) < 4.78 is 0. The van der Waals surface area contributed by atoms with E-state index in [4.69, 9.17) is 0 Å². The summed E-state index contributed by atoms with van der Waals surface area (Å²) in [5.41, 5.74) is 9.91. The summed E-state index contributed by atoms with van der Waals surface area (Å²) in [5, 5.41) is 0. The Bertz CT molecular complexity index is 1240. The Morgan fingerprint density at radius 1 is 0.233 bits per heavy atom. The van der Waals surface area contributed by atoms with Gasteiger partial charge in [0.2, 0.25) is 0 Å². The van der Waals surface area contributed by atoms with E-state index in [2.05, 4.69) is 133 Å². The Labute approximate surface area is 178 Å². The summed E-state index contributed by atoms with van der Waals surface area (Å²) in [6, 6.07) is 47.4. The lowest BCUT2D eigenvalue weighted by Gasteiger charge is -2.14. The largest absolute Gasteiger partial charge is 0.0622 e. The van der Waals surface area contributed by atoms with Crippen LogP contribution in [0.5, 0.6) is 0 Å². The maximum Gasteiger partial charge on any atom is -0.00992 e. The average molecular weight is 383 g/mol. The van der Waals surface area contributed by atoms with Crippen LogP contribution in [0.1, 0.15) is 0 Å². The Kier molecular flexibility index (Phi) is 4.98. The molecule has 0 spiro atoms. The van der Waals surface area contributed by atoms with E-state index in [9.17, 15) is 0 Å². The molecule has 0 radical (unpaired) electrons. The zero-order valence-corrected chi connectivity index (χ0v) is 16.7. The molecule has 0 aliphatic carbocycles. The monoisotopic (exact) mass is 382 g/mol. The Morgan fingerprint density at radius 3 is 1.17 bits per heavy atom. The Hall–Kier alpha value is -3.90. The van der Waals surface area contributed by atoms with Gasteiger partial charge in [-0.15, -0.1) is 0 Å². The molecule has 0 N–H and O–H groups in total. The van der Waals surface area contributed by atoms with Crippen molar-refractivity contribution >= 4 is 0 Å². The minimum atomic E-state index is 1.23. The van der Waals surface area contributed by atoms with Gasteiger partial charge in [0.25, 0.3) is 0 Å². The Morgan fingerprint density at radius 2 is 0.600 bits per heavy atom. The molecule has 5 rings (SSSR count). The van der Waals surface area contributed by atoms with Gasteiger partial charge in [-0.05, 0) is 50.6 Å². The van der Waals surface area contributed by atoms with Gasteiger partial charge in [0.1, 0.15) is 0 Å². The van der Waals surface area contributed by atoms with Crippen LogP contribution in [0.2, 0.25) is 0 Å². The molecule has 0 nitrogen and oxygen atoms in total. The fourth-order valence-corrected chi connectivity index (χ4v) is 3.94. The highest BCUT2D eigenvalue weighted by Crippen LogP contribution is 2.36. The van der Waals surface area contributed by atoms with Gasteiger partial charge in [0.05, 0.1) is 0 Å². The van der Waals surface area contributed by atoms with Gasteiger partial charge < -0.3 is 0 Å². The average Bonchev–Trinajstić information content (AvgIpc) is 2.85. The van der Waals surface area contributed by atoms with Crippen LogP contribution < -0.4 is 0 Å². The maximum atomic E-state index is 2.31. The van der Waals surface area contributed by atoms with Crippen molar-refractivity contribution in [1.29, 1.82) is 0 Å². The number of benzene rings is 5. The molecule has 0 aliphatic heterocycles. The van der Waals surface area contributed by atoms with E-state index in [0.29, 0.717) is 0 Å². The third-order valence-electron chi connectivity index (χ3n) is 5.51. The van der Waals surface area contributed by atoms with E-state index in [-0.39, 0.29) is 0 Å². The second kappa shape index (κ2) is 8.23. The summed E-state index contributed by atoms with van der Waals surface area (Å²) >= 11 is 0. The van der Waals surface area contributed by atoms with Crippen molar-refractivity contribution < 1.29 is 0 Å². The third kappa shape index (κ3) is 3.68. The first-order valence-corrected chi connectivity index (χ1v) is 10.3. The molecule has 30 heavy (non-hydrogen) atoms. The SMILES string of the molecule is c1ccc(-c2ccc(-c3cc(-c4ccccc4)ccc3-c3ccccc3)cc2)cc1. The van der Waals surface area contributed by atoms with E-state index < -0.39 is 0 Å². The molecule has 0 heterocycles. The zero-order valence-electron chi connectivity index (χ0n) is 16.7. The molecule has 0 bridgehead atoms. The van der Waals surface area contributed by atoms with Gasteiger partial charge in [-0.25, -0.2) is 0 Å². The first kappa shape index (κ1) is 18.1. The molecule has 0 heteroatoms. The van der Waals surface area contributed by atoms with Gasteiger partial charge >= 0.3 is 0 Å². The minimum Gasteiger partial charge on any atom is -0.0622 e. The Balaban J connectivity index is 1.63. The summed E-state index contributed by atoms with van der Waals surface area (Å²) in [6.07, 6.45) is 0. The highest BCUT2D eigenvalue weighted by Gasteiger charge is 2.10. The molecule has 0 aromatic heterocycles. The molecular weight excluding hydrogens is 360 g/mol. The number of hydrogen-bond acceptors (Lipinski definition) is 0. The molecule has 0 saturated heterocycles. The van der Waals surface area contributed by atoms with Crippen LogP contribution in [0.3, 0.4) is 0 Å². The predicted molar refractivity (Wildman–Crippen MR) is 128 cm³/mol. The van der Waals surface area contributed by atoms with Crippen LogP contribution in [0.4, 0.5) is 0 Å². The van der Waals surface area contributed by atoms with Crippen molar-refractivity contribution in [3.8, 4) is 44.5 Å². The van der Waals surface area contributed by atoms with E-state index in [1.165, 1.54) is 44.5 Å². The summed E-state index contributed by atoms with van der Waals surface area (Å²) in [6.45, 7) is 0. The molecule has 5 aromatic carbocycles. The molecule has 0 amide bonds. The fraction of sp³-hybridized carbons (Fsp3) is 0. The van der Waals surface area contributed by atoms with Crippen LogP contribution >= 0.6 is 0 Å². The molecule has 0 saturated carbocycles. The van der Waals surface area contributed by atoms with Crippen molar-refractivity contribution in [3.05, 3.63) is 133 Å². The quantitative estimate of drug-likeness (QED) is 0.293. The molecular formula is C30H22. The van der Waals surface area contributed by atoms with Gasteiger partial charge in [0.15, 0.2) is 0 Å². The van der Waals surface area contributed by atoms with Crippen molar-refractivity contribution in [1.82, 2.24) is 0 Å². The number of rotatable bonds is 4. The predicted octanol–water partition coefficient (Wildman–Crippen LogP) is 8.35. The van der Waals surface area contributed by atoms with Crippen molar-refractivity contribution in [2.75, 3.05) is 0 Å². The lowest BCUT2D eigenvalue weighted by atomic mass is 9.90. The van der Waals surface area contributed by atoms with Gasteiger partial charge in [-0.1, -0.05) is 127 Å². The lowest BCUT2D eigenvalue weighted by molar-refractivity contribution is 1.55. The van der Waals surface area contributed by atoms with Gasteiger partial charge in [-0.3, -0.25) is 0 Å². The first-order chi connectivity index (χ1) is 14.9. The zero-order chi connectivity index (χ0) is 20.2. The smallest absolute Gasteiger partial charge is 0.00992 e. The first-order valence-electron chi connectivity index (χ1n) is 10.3.